The summed E-state index contributed by atoms with van der Waals surface area (Å²) in [5.41, 5.74) is 0. The minimum atomic E-state index is -0.593. The van der Waals surface area contributed by atoms with E-state index in [1.807, 2.05) is 0 Å². The zero-order chi connectivity index (χ0) is 8.97. The number of hydrogen-bond acceptors (Lipinski definition) is 3. The van der Waals surface area contributed by atoms with E-state index in [9.17, 15) is 9.59 Å². The van der Waals surface area contributed by atoms with Crippen LogP contribution in [0.25, 0.3) is 0 Å². The summed E-state index contributed by atoms with van der Waals surface area (Å²) >= 11 is 0. The van der Waals surface area contributed by atoms with Gasteiger partial charge in [-0.1, -0.05) is 6.58 Å². The third-order valence-electron chi connectivity index (χ3n) is 1.96. The van der Waals surface area contributed by atoms with Crippen molar-refractivity contribution in [1.29, 1.82) is 0 Å². The fraction of sp³-hybridized carbons (Fsp3) is 0.556. The van der Waals surface area contributed by atoms with Crippen molar-refractivity contribution in [2.75, 3.05) is 6.61 Å². The van der Waals surface area contributed by atoms with Gasteiger partial charge >= 0.3 is 5.97 Å². The third kappa shape index (κ3) is 1.94. The van der Waals surface area contributed by atoms with Crippen LogP contribution in [0.2, 0.25) is 0 Å². The van der Waals surface area contributed by atoms with Crippen LogP contribution in [0.15, 0.2) is 12.7 Å². The summed E-state index contributed by atoms with van der Waals surface area (Å²) in [6.07, 6.45) is 3.52. The normalized spacial score (nSPS) is 24.0. The van der Waals surface area contributed by atoms with Crippen molar-refractivity contribution in [3.05, 3.63) is 12.7 Å². The Hall–Kier alpha value is -1.12. The van der Waals surface area contributed by atoms with Crippen molar-refractivity contribution in [1.82, 2.24) is 0 Å². The largest absolute Gasteiger partial charge is 0.465 e. The first-order valence-electron chi connectivity index (χ1n) is 4.08. The zero-order valence-corrected chi connectivity index (χ0v) is 6.91. The minimum Gasteiger partial charge on any atom is -0.465 e. The molecule has 1 rings (SSSR count). The van der Waals surface area contributed by atoms with Crippen molar-refractivity contribution in [3.63, 3.8) is 0 Å². The summed E-state index contributed by atoms with van der Waals surface area (Å²) in [5.74, 6) is -1.20. The maximum atomic E-state index is 11.1. The lowest BCUT2D eigenvalue weighted by molar-refractivity contribution is -0.149. The molecule has 0 radical (unpaired) electrons. The van der Waals surface area contributed by atoms with E-state index < -0.39 is 11.9 Å². The first-order valence-corrected chi connectivity index (χ1v) is 4.08. The van der Waals surface area contributed by atoms with Gasteiger partial charge in [0.2, 0.25) is 0 Å². The Kier molecular flexibility index (Phi) is 3.02. The van der Waals surface area contributed by atoms with Gasteiger partial charge in [-0.3, -0.25) is 9.59 Å². The van der Waals surface area contributed by atoms with Crippen LogP contribution >= 0.6 is 0 Å². The molecule has 1 saturated heterocycles. The van der Waals surface area contributed by atoms with E-state index in [2.05, 4.69) is 6.58 Å². The average Bonchev–Trinajstić information content (AvgIpc) is 2.28. The van der Waals surface area contributed by atoms with Crippen LogP contribution in [0.4, 0.5) is 0 Å². The Morgan fingerprint density at radius 3 is 3.00 bits per heavy atom. The predicted molar refractivity (Wildman–Crippen MR) is 43.5 cm³/mol. The van der Waals surface area contributed by atoms with Crippen LogP contribution in [-0.2, 0) is 14.3 Å². The van der Waals surface area contributed by atoms with Crippen molar-refractivity contribution in [2.45, 2.75) is 19.3 Å². The van der Waals surface area contributed by atoms with Gasteiger partial charge < -0.3 is 4.74 Å². The van der Waals surface area contributed by atoms with Crippen molar-refractivity contribution in [3.8, 4) is 0 Å². The molecule has 1 fully saturated rings. The number of esters is 1. The minimum absolute atomic E-state index is 0.220. The van der Waals surface area contributed by atoms with E-state index in [0.717, 1.165) is 12.8 Å². The van der Waals surface area contributed by atoms with E-state index in [1.165, 1.54) is 6.08 Å². The topological polar surface area (TPSA) is 43.4 Å². The van der Waals surface area contributed by atoms with E-state index in [-0.39, 0.29) is 5.78 Å². The third-order valence-corrected chi connectivity index (χ3v) is 1.96. The molecule has 1 unspecified atom stereocenters. The summed E-state index contributed by atoms with van der Waals surface area (Å²) in [6.45, 7) is 3.79. The van der Waals surface area contributed by atoms with Crippen LogP contribution in [0.5, 0.6) is 0 Å². The summed E-state index contributed by atoms with van der Waals surface area (Å²) in [7, 11) is 0. The second kappa shape index (κ2) is 4.04. The molecule has 0 spiro atoms. The lowest BCUT2D eigenvalue weighted by Crippen LogP contribution is -2.22. The number of ketones is 1. The quantitative estimate of drug-likeness (QED) is 0.352. The van der Waals surface area contributed by atoms with Gasteiger partial charge in [-0.25, -0.2) is 0 Å². The molecular weight excluding hydrogens is 156 g/mol. The maximum Gasteiger partial charge on any atom is 0.316 e. The lowest BCUT2D eigenvalue weighted by Gasteiger charge is -2.06. The Balaban J connectivity index is 2.65. The Morgan fingerprint density at radius 1 is 1.58 bits per heavy atom. The number of carbonyl (C=O) groups excluding carboxylic acids is 2. The molecule has 0 aromatic rings. The summed E-state index contributed by atoms with van der Waals surface area (Å²) < 4.78 is 4.83. The van der Waals surface area contributed by atoms with Crippen molar-refractivity contribution in [2.24, 2.45) is 5.92 Å². The molecule has 1 atom stereocenters. The fourth-order valence-corrected chi connectivity index (χ4v) is 1.24. The molecule has 0 aromatic heterocycles. The number of carbonyl (C=O) groups is 2. The molecule has 0 bridgehead atoms. The summed E-state index contributed by atoms with van der Waals surface area (Å²) in [5, 5.41) is 0. The highest BCUT2D eigenvalue weighted by Crippen LogP contribution is 2.16. The number of allylic oxidation sites excluding steroid dienone is 1. The number of ether oxygens (including phenoxy) is 1. The van der Waals surface area contributed by atoms with Gasteiger partial charge in [-0.2, -0.15) is 0 Å². The highest BCUT2D eigenvalue weighted by Gasteiger charge is 2.27. The van der Waals surface area contributed by atoms with E-state index in [1.54, 1.807) is 0 Å². The molecule has 1 aliphatic heterocycles. The van der Waals surface area contributed by atoms with Crippen LogP contribution in [0.1, 0.15) is 19.3 Å². The first kappa shape index (κ1) is 8.97. The zero-order valence-electron chi connectivity index (χ0n) is 6.91. The molecule has 3 heteroatoms. The second-order valence-corrected chi connectivity index (χ2v) is 2.82. The van der Waals surface area contributed by atoms with Crippen LogP contribution in [0.3, 0.4) is 0 Å². The Bertz CT molecular complexity index is 208. The molecular formula is C9H12O3. The van der Waals surface area contributed by atoms with Crippen LogP contribution in [-0.4, -0.2) is 18.4 Å². The molecule has 0 amide bonds. The molecule has 0 aliphatic carbocycles. The summed E-state index contributed by atoms with van der Waals surface area (Å²) in [6, 6.07) is 0. The average molecular weight is 168 g/mol. The number of cyclic esters (lactones) is 1. The lowest BCUT2D eigenvalue weighted by atomic mass is 9.98. The second-order valence-electron chi connectivity index (χ2n) is 2.82. The standard InChI is InChI=1S/C9H12O3/c1-2-8(10)7-5-3-4-6-12-9(7)11/h2,7H,1,3-6H2. The highest BCUT2D eigenvalue weighted by molar-refractivity contribution is 6.04. The SMILES string of the molecule is C=CC(=O)C1CCCCOC1=O. The first-order chi connectivity index (χ1) is 5.75. The van der Waals surface area contributed by atoms with Crippen molar-refractivity contribution >= 4 is 11.8 Å². The van der Waals surface area contributed by atoms with Gasteiger partial charge in [0.1, 0.15) is 5.92 Å². The van der Waals surface area contributed by atoms with E-state index >= 15 is 0 Å². The maximum absolute atomic E-state index is 11.1. The molecule has 1 heterocycles. The van der Waals surface area contributed by atoms with E-state index in [0.29, 0.717) is 13.0 Å². The van der Waals surface area contributed by atoms with Gasteiger partial charge in [0.25, 0.3) is 0 Å². The number of rotatable bonds is 2. The molecule has 0 aromatic carbocycles. The van der Waals surface area contributed by atoms with E-state index in [4.69, 9.17) is 4.74 Å². The highest BCUT2D eigenvalue weighted by atomic mass is 16.5. The smallest absolute Gasteiger partial charge is 0.316 e. The predicted octanol–water partition coefficient (Wildman–Crippen LogP) is 1.08. The van der Waals surface area contributed by atoms with Gasteiger partial charge in [-0.15, -0.1) is 0 Å². The Labute approximate surface area is 71.4 Å². The Morgan fingerprint density at radius 2 is 2.33 bits per heavy atom. The molecule has 0 N–H and O–H groups in total. The van der Waals surface area contributed by atoms with Gasteiger partial charge in [0.15, 0.2) is 5.78 Å². The van der Waals surface area contributed by atoms with Gasteiger partial charge in [0.05, 0.1) is 6.61 Å². The summed E-state index contributed by atoms with van der Waals surface area (Å²) in [4.78, 5) is 22.2. The number of hydrogen-bond donors (Lipinski definition) is 0. The molecule has 0 saturated carbocycles. The fourth-order valence-electron chi connectivity index (χ4n) is 1.24. The molecule has 66 valence electrons. The molecule has 1 aliphatic rings. The van der Waals surface area contributed by atoms with Gasteiger partial charge in [-0.05, 0) is 25.3 Å². The van der Waals surface area contributed by atoms with Crippen LogP contribution < -0.4 is 0 Å². The van der Waals surface area contributed by atoms with Crippen LogP contribution in [0, 0.1) is 5.92 Å². The van der Waals surface area contributed by atoms with Gasteiger partial charge in [0, 0.05) is 0 Å². The monoisotopic (exact) mass is 168 g/mol. The van der Waals surface area contributed by atoms with Crippen molar-refractivity contribution < 1.29 is 14.3 Å². The molecule has 12 heavy (non-hydrogen) atoms. The molecule has 3 nitrogen and oxygen atoms in total.